The van der Waals surface area contributed by atoms with Gasteiger partial charge in [0.25, 0.3) is 0 Å². The first-order valence-electron chi connectivity index (χ1n) is 2.95. The molecule has 0 bridgehead atoms. The van der Waals surface area contributed by atoms with Gasteiger partial charge in [-0.25, -0.2) is 0 Å². The van der Waals surface area contributed by atoms with E-state index >= 15 is 0 Å². The molecule has 0 spiro atoms. The average Bonchev–Trinajstić information content (AvgIpc) is 2.00. The fourth-order valence-electron chi connectivity index (χ4n) is 0.551. The van der Waals surface area contributed by atoms with Crippen molar-refractivity contribution in [1.29, 1.82) is 0 Å². The zero-order chi connectivity index (χ0) is 8.91. The topological polar surface area (TPSA) is 44.8 Å². The van der Waals surface area contributed by atoms with Crippen LogP contribution in [0.2, 0.25) is 0 Å². The van der Waals surface area contributed by atoms with Crippen molar-refractivity contribution in [3.8, 4) is 0 Å². The Morgan fingerprint density at radius 2 is 1.50 bits per heavy atom. The van der Waals surface area contributed by atoms with Crippen molar-refractivity contribution < 1.29 is 18.1 Å². The van der Waals surface area contributed by atoms with Crippen LogP contribution in [0.4, 0.5) is 0 Å². The molecule has 0 aromatic carbocycles. The summed E-state index contributed by atoms with van der Waals surface area (Å²) in [5.41, 5.74) is 0. The van der Waals surface area contributed by atoms with E-state index in [-0.39, 0.29) is 56.5 Å². The second-order valence-corrected chi connectivity index (χ2v) is 6.82. The van der Waals surface area contributed by atoms with Crippen LogP contribution in [0.15, 0.2) is 0 Å². The summed E-state index contributed by atoms with van der Waals surface area (Å²) >= 11 is 0.980. The Morgan fingerprint density at radius 1 is 1.17 bits per heavy atom. The fourth-order valence-corrected chi connectivity index (χ4v) is 3.46. The van der Waals surface area contributed by atoms with E-state index in [2.05, 4.69) is 0 Å². The van der Waals surface area contributed by atoms with Gasteiger partial charge < -0.3 is 13.3 Å². The first-order chi connectivity index (χ1) is 5.10. The summed E-state index contributed by atoms with van der Waals surface area (Å²) in [7, 11) is 1.69. The summed E-state index contributed by atoms with van der Waals surface area (Å²) < 4.78 is 15.0. The van der Waals surface area contributed by atoms with E-state index in [1.807, 2.05) is 0 Å². The van der Waals surface area contributed by atoms with E-state index in [1.54, 1.807) is 0 Å². The average molecular weight is 236 g/mol. The van der Waals surface area contributed by atoms with Crippen LogP contribution in [0.25, 0.3) is 0 Å². The van der Waals surface area contributed by atoms with Crippen molar-refractivity contribution in [2.75, 3.05) is 21.3 Å². The molecule has 0 aliphatic rings. The Kier molecular flexibility index (Phi) is 10.9. The molecular weight excluding hydrogens is 223 g/mol. The van der Waals surface area contributed by atoms with Gasteiger partial charge in [-0.05, 0) is 11.2 Å². The van der Waals surface area contributed by atoms with Crippen LogP contribution >= 0.6 is 11.2 Å². The summed E-state index contributed by atoms with van der Waals surface area (Å²) in [5.74, 6) is 0. The van der Waals surface area contributed by atoms with Gasteiger partial charge in [-0.2, -0.15) is 0 Å². The van der Waals surface area contributed by atoms with Crippen LogP contribution in [0, 0.1) is 0 Å². The van der Waals surface area contributed by atoms with Crippen LogP contribution in [-0.2, 0) is 18.1 Å². The molecule has 12 heavy (non-hydrogen) atoms. The van der Waals surface area contributed by atoms with Crippen molar-refractivity contribution in [2.24, 2.45) is 0 Å². The minimum atomic E-state index is -2.71. The second kappa shape index (κ2) is 8.09. The Hall–Kier alpha value is 1.75. The summed E-state index contributed by atoms with van der Waals surface area (Å²) in [6, 6.07) is 0. The molecule has 0 rings (SSSR count). The van der Waals surface area contributed by atoms with Gasteiger partial charge in [0.1, 0.15) is 0 Å². The molecule has 0 saturated heterocycles. The van der Waals surface area contributed by atoms with Crippen molar-refractivity contribution >= 4 is 75.7 Å². The van der Waals surface area contributed by atoms with Crippen LogP contribution < -0.4 is 0 Å². The summed E-state index contributed by atoms with van der Waals surface area (Å²) in [6.07, 6.45) is 0. The summed E-state index contributed by atoms with van der Waals surface area (Å²) in [6.45, 7) is 1.45. The maximum absolute atomic E-state index is 10.7. The van der Waals surface area contributed by atoms with Gasteiger partial charge >= 0.3 is 59.3 Å². The molecule has 0 N–H and O–H groups in total. The van der Waals surface area contributed by atoms with Gasteiger partial charge in [0.15, 0.2) is 5.12 Å². The summed E-state index contributed by atoms with van der Waals surface area (Å²) in [5, 5.41) is -0.0674. The molecule has 0 fully saturated rings. The Labute approximate surface area is 120 Å². The molecule has 0 aromatic rings. The molecule has 0 saturated carbocycles. The monoisotopic (exact) mass is 236 g/mol. The van der Waals surface area contributed by atoms with Gasteiger partial charge in [0.05, 0.1) is 0 Å². The minimum absolute atomic E-state index is 0. The van der Waals surface area contributed by atoms with Gasteiger partial charge in [-0.1, -0.05) is 0 Å². The predicted octanol–water partition coefficient (Wildman–Crippen LogP) is -0.00760. The van der Waals surface area contributed by atoms with Crippen LogP contribution in [0.1, 0.15) is 6.92 Å². The van der Waals surface area contributed by atoms with Crippen LogP contribution in [0.3, 0.4) is 0 Å². The standard InChI is InChI=1S/C5H12O4SSi.K.H/c1-5(6)10-11(7-2,8-3)9-4;;/h1-4H3;;. The van der Waals surface area contributed by atoms with E-state index in [9.17, 15) is 4.79 Å². The van der Waals surface area contributed by atoms with E-state index in [1.165, 1.54) is 28.3 Å². The first-order valence-corrected chi connectivity index (χ1v) is 6.22. The molecule has 0 aliphatic carbocycles. The van der Waals surface area contributed by atoms with Gasteiger partial charge in [0.2, 0.25) is 0 Å². The maximum atomic E-state index is 10.7. The van der Waals surface area contributed by atoms with E-state index in [0.29, 0.717) is 0 Å². The Balaban J connectivity index is 0. The van der Waals surface area contributed by atoms with Gasteiger partial charge in [-0.3, -0.25) is 4.79 Å². The Morgan fingerprint density at radius 3 is 1.58 bits per heavy atom. The van der Waals surface area contributed by atoms with Crippen LogP contribution in [0.5, 0.6) is 0 Å². The Bertz CT molecular complexity index is 133. The van der Waals surface area contributed by atoms with Gasteiger partial charge in [0, 0.05) is 28.3 Å². The molecule has 7 heteroatoms. The third-order valence-electron chi connectivity index (χ3n) is 1.02. The predicted molar refractivity (Wildman–Crippen MR) is 52.2 cm³/mol. The normalized spacial score (nSPS) is 10.7. The van der Waals surface area contributed by atoms with E-state index < -0.39 is 7.95 Å². The number of hydrogen-bond donors (Lipinski definition) is 0. The molecule has 68 valence electrons. The van der Waals surface area contributed by atoms with Crippen molar-refractivity contribution in [1.82, 2.24) is 0 Å². The van der Waals surface area contributed by atoms with Crippen molar-refractivity contribution in [2.45, 2.75) is 6.92 Å². The molecular formula is C5H13KO4SSi. The molecule has 0 aliphatic heterocycles. The molecule has 4 nitrogen and oxygen atoms in total. The molecule has 0 radical (unpaired) electrons. The third-order valence-corrected chi connectivity index (χ3v) is 6.17. The third kappa shape index (κ3) is 5.48. The quantitative estimate of drug-likeness (QED) is 0.643. The number of hydrogen-bond acceptors (Lipinski definition) is 5. The molecule has 0 aromatic heterocycles. The van der Waals surface area contributed by atoms with Crippen LogP contribution in [-0.4, -0.2) is 85.8 Å². The SMILES string of the molecule is CO[Si](OC)(OC)SC(C)=O.[KH]. The number of rotatable bonds is 4. The second-order valence-electron chi connectivity index (χ2n) is 1.71. The van der Waals surface area contributed by atoms with Gasteiger partial charge in [-0.15, -0.1) is 0 Å². The zero-order valence-corrected chi connectivity index (χ0v) is 8.86. The number of carbonyl (C=O) groups is 1. The molecule has 0 heterocycles. The molecule has 0 amide bonds. The first kappa shape index (κ1) is 16.2. The molecule has 0 unspecified atom stereocenters. The number of carbonyl (C=O) groups excluding carboxylic acids is 1. The van der Waals surface area contributed by atoms with Crippen molar-refractivity contribution in [3.63, 3.8) is 0 Å². The van der Waals surface area contributed by atoms with Crippen molar-refractivity contribution in [3.05, 3.63) is 0 Å². The van der Waals surface area contributed by atoms with E-state index in [4.69, 9.17) is 13.3 Å². The molecule has 0 atom stereocenters. The fraction of sp³-hybridized carbons (Fsp3) is 0.800. The van der Waals surface area contributed by atoms with E-state index in [0.717, 1.165) is 11.2 Å². The zero-order valence-electron chi connectivity index (χ0n) is 7.04. The summed E-state index contributed by atoms with van der Waals surface area (Å²) in [4.78, 5) is 10.7.